The molecular formula is C33H56N4O7. The molecule has 0 aliphatic carbocycles. The number of likely N-dealkylation sites (tertiary alicyclic amines) is 1. The van der Waals surface area contributed by atoms with E-state index in [4.69, 9.17) is 9.47 Å². The van der Waals surface area contributed by atoms with Crippen LogP contribution in [0.5, 0.6) is 0 Å². The van der Waals surface area contributed by atoms with Crippen LogP contribution in [0.1, 0.15) is 81.1 Å². The second-order valence-corrected chi connectivity index (χ2v) is 13.7. The Hall–Kier alpha value is -2.95. The lowest BCUT2D eigenvalue weighted by Gasteiger charge is -2.38. The minimum Gasteiger partial charge on any atom is -0.499 e. The van der Waals surface area contributed by atoms with Crippen LogP contribution in [0.15, 0.2) is 11.8 Å². The molecule has 2 aliphatic rings. The molecule has 2 heterocycles. The molecule has 44 heavy (non-hydrogen) atoms. The lowest BCUT2D eigenvalue weighted by atomic mass is 9.96. The largest absolute Gasteiger partial charge is 0.499 e. The third kappa shape index (κ3) is 8.20. The maximum Gasteiger partial charge on any atom is 0.324 e. The fourth-order valence-electron chi connectivity index (χ4n) is 6.24. The Morgan fingerprint density at radius 1 is 1.02 bits per heavy atom. The lowest BCUT2D eigenvalue weighted by molar-refractivity contribution is -0.170. The summed E-state index contributed by atoms with van der Waals surface area (Å²) in [7, 11) is 6.66. The SMILES string of the molecule is CC[C@H](C)[C@@H](OC(=O)[C@H](CC(C)C)N(C)C)C(=O)N(C)[C@H](C(=O)N1CCC[C@H]1C(=O)N1C(=O)C=C(OC)[C@H]1C(C)C)C(C)C. The van der Waals surface area contributed by atoms with Gasteiger partial charge in [-0.3, -0.25) is 33.8 Å². The van der Waals surface area contributed by atoms with Gasteiger partial charge < -0.3 is 19.3 Å². The van der Waals surface area contributed by atoms with Gasteiger partial charge in [-0.25, -0.2) is 0 Å². The molecular weight excluding hydrogens is 564 g/mol. The highest BCUT2D eigenvalue weighted by Gasteiger charge is 2.48. The zero-order chi connectivity index (χ0) is 33.6. The van der Waals surface area contributed by atoms with E-state index in [9.17, 15) is 24.0 Å². The van der Waals surface area contributed by atoms with Gasteiger partial charge in [-0.1, -0.05) is 55.4 Å². The van der Waals surface area contributed by atoms with Crippen LogP contribution in [0.25, 0.3) is 0 Å². The summed E-state index contributed by atoms with van der Waals surface area (Å²) in [5.74, 6) is -2.16. The van der Waals surface area contributed by atoms with Crippen molar-refractivity contribution in [2.24, 2.45) is 23.7 Å². The zero-order valence-corrected chi connectivity index (χ0v) is 29.0. The molecule has 250 valence electrons. The van der Waals surface area contributed by atoms with E-state index >= 15 is 0 Å². The Labute approximate surface area is 264 Å². The van der Waals surface area contributed by atoms with E-state index in [2.05, 4.69) is 0 Å². The van der Waals surface area contributed by atoms with E-state index in [1.54, 1.807) is 11.9 Å². The number of carbonyl (C=O) groups excluding carboxylic acids is 5. The molecule has 2 rings (SSSR count). The number of nitrogens with zero attached hydrogens (tertiary/aromatic N) is 4. The van der Waals surface area contributed by atoms with Crippen molar-refractivity contribution in [2.75, 3.05) is 34.8 Å². The van der Waals surface area contributed by atoms with Gasteiger partial charge in [-0.2, -0.15) is 0 Å². The first-order chi connectivity index (χ1) is 20.5. The minimum absolute atomic E-state index is 0.0813. The van der Waals surface area contributed by atoms with Crippen molar-refractivity contribution in [2.45, 2.75) is 111 Å². The molecule has 1 saturated heterocycles. The number of amides is 4. The molecule has 0 bridgehead atoms. The summed E-state index contributed by atoms with van der Waals surface area (Å²) < 4.78 is 11.3. The molecule has 0 N–H and O–H groups in total. The molecule has 0 radical (unpaired) electrons. The summed E-state index contributed by atoms with van der Waals surface area (Å²) in [5.41, 5.74) is 0. The van der Waals surface area contributed by atoms with E-state index in [1.165, 1.54) is 27.9 Å². The monoisotopic (exact) mass is 620 g/mol. The first kappa shape index (κ1) is 37.2. The summed E-state index contributed by atoms with van der Waals surface area (Å²) in [5, 5.41) is 0. The lowest BCUT2D eigenvalue weighted by Crippen LogP contribution is -2.59. The third-order valence-electron chi connectivity index (χ3n) is 8.89. The van der Waals surface area contributed by atoms with Crippen LogP contribution >= 0.6 is 0 Å². The van der Waals surface area contributed by atoms with Crippen molar-refractivity contribution < 1.29 is 33.4 Å². The normalized spacial score (nSPS) is 21.5. The van der Waals surface area contributed by atoms with Crippen LogP contribution in [0, 0.1) is 23.7 Å². The van der Waals surface area contributed by atoms with Crippen LogP contribution in [0.4, 0.5) is 0 Å². The average molecular weight is 621 g/mol. The molecule has 2 aliphatic heterocycles. The topological polar surface area (TPSA) is 117 Å². The van der Waals surface area contributed by atoms with Gasteiger partial charge in [0, 0.05) is 25.6 Å². The number of imide groups is 1. The average Bonchev–Trinajstić information content (AvgIpc) is 3.57. The number of esters is 1. The molecule has 11 nitrogen and oxygen atoms in total. The number of likely N-dealkylation sites (N-methyl/N-ethyl adjacent to an activating group) is 2. The Morgan fingerprint density at radius 2 is 1.64 bits per heavy atom. The van der Waals surface area contributed by atoms with Gasteiger partial charge >= 0.3 is 5.97 Å². The number of hydrogen-bond donors (Lipinski definition) is 0. The van der Waals surface area contributed by atoms with Gasteiger partial charge in [0.2, 0.25) is 5.91 Å². The fourth-order valence-corrected chi connectivity index (χ4v) is 6.24. The molecule has 4 amide bonds. The summed E-state index contributed by atoms with van der Waals surface area (Å²) in [6.07, 6.45) is 2.46. The maximum absolute atomic E-state index is 14.2. The van der Waals surface area contributed by atoms with Crippen molar-refractivity contribution >= 4 is 29.6 Å². The highest BCUT2D eigenvalue weighted by atomic mass is 16.6. The van der Waals surface area contributed by atoms with Gasteiger partial charge in [0.1, 0.15) is 23.9 Å². The number of carbonyl (C=O) groups is 5. The van der Waals surface area contributed by atoms with E-state index in [1.807, 2.05) is 69.5 Å². The van der Waals surface area contributed by atoms with Crippen molar-refractivity contribution in [1.82, 2.24) is 19.6 Å². The van der Waals surface area contributed by atoms with Crippen molar-refractivity contribution in [3.63, 3.8) is 0 Å². The number of ether oxygens (including phenoxy) is 2. The van der Waals surface area contributed by atoms with Crippen LogP contribution in [-0.4, -0.2) is 114 Å². The number of methoxy groups -OCH3 is 1. The molecule has 0 saturated carbocycles. The summed E-state index contributed by atoms with van der Waals surface area (Å²) >= 11 is 0. The number of rotatable bonds is 14. The first-order valence-corrected chi connectivity index (χ1v) is 16.1. The molecule has 0 aromatic carbocycles. The Morgan fingerprint density at radius 3 is 2.11 bits per heavy atom. The van der Waals surface area contributed by atoms with E-state index in [0.717, 1.165) is 0 Å². The van der Waals surface area contributed by atoms with Gasteiger partial charge in [-0.05, 0) is 57.5 Å². The quantitative estimate of drug-likeness (QED) is 0.215. The predicted octanol–water partition coefficient (Wildman–Crippen LogP) is 3.32. The second kappa shape index (κ2) is 15.9. The molecule has 1 fully saturated rings. The van der Waals surface area contributed by atoms with Gasteiger partial charge in [0.15, 0.2) is 6.10 Å². The van der Waals surface area contributed by atoms with Crippen molar-refractivity contribution in [3.05, 3.63) is 11.8 Å². The smallest absolute Gasteiger partial charge is 0.324 e. The molecule has 6 atom stereocenters. The molecule has 0 spiro atoms. The molecule has 11 heteroatoms. The summed E-state index contributed by atoms with van der Waals surface area (Å²) in [6, 6.07) is -2.78. The van der Waals surface area contributed by atoms with Crippen molar-refractivity contribution in [1.29, 1.82) is 0 Å². The van der Waals surface area contributed by atoms with E-state index in [-0.39, 0.29) is 29.6 Å². The highest BCUT2D eigenvalue weighted by molar-refractivity contribution is 6.07. The van der Waals surface area contributed by atoms with E-state index < -0.39 is 54.0 Å². The molecule has 0 aromatic heterocycles. The Balaban J connectivity index is 2.35. The Kier molecular flexibility index (Phi) is 13.4. The third-order valence-corrected chi connectivity index (χ3v) is 8.89. The maximum atomic E-state index is 14.2. The van der Waals surface area contributed by atoms with E-state index in [0.29, 0.717) is 38.0 Å². The predicted molar refractivity (Wildman–Crippen MR) is 168 cm³/mol. The summed E-state index contributed by atoms with van der Waals surface area (Å²) in [6.45, 7) is 15.7. The van der Waals surface area contributed by atoms with Gasteiger partial charge in [-0.15, -0.1) is 0 Å². The highest BCUT2D eigenvalue weighted by Crippen LogP contribution is 2.31. The fraction of sp³-hybridized carbons (Fsp3) is 0.788. The number of hydrogen-bond acceptors (Lipinski definition) is 8. The molecule has 0 unspecified atom stereocenters. The standard InChI is InChI=1S/C33H56N4O7/c1-13-22(8)29(44-33(42)24(34(9)10)17-19(2)3)32(41)35(11)28(21(6)7)31(40)36-16-14-15-23(36)30(39)37-26(38)18-25(43-12)27(37)20(4)5/h18-24,27-29H,13-17H2,1-12H3/t22-,23-,24-,27+,28-,29+/m0/s1. The van der Waals surface area contributed by atoms with Crippen LogP contribution in [-0.2, 0) is 33.4 Å². The van der Waals surface area contributed by atoms with Crippen LogP contribution in [0.2, 0.25) is 0 Å². The summed E-state index contributed by atoms with van der Waals surface area (Å²) in [4.78, 5) is 74.3. The second-order valence-electron chi connectivity index (χ2n) is 13.7. The van der Waals surface area contributed by atoms with Crippen LogP contribution in [0.3, 0.4) is 0 Å². The van der Waals surface area contributed by atoms with Crippen LogP contribution < -0.4 is 0 Å². The first-order valence-electron chi connectivity index (χ1n) is 16.1. The minimum atomic E-state index is -1.07. The zero-order valence-electron chi connectivity index (χ0n) is 29.0. The molecule has 0 aromatic rings. The van der Waals surface area contributed by atoms with Gasteiger partial charge in [0.05, 0.1) is 13.2 Å². The van der Waals surface area contributed by atoms with Gasteiger partial charge in [0.25, 0.3) is 17.7 Å². The Bertz CT molecular complexity index is 1090. The van der Waals surface area contributed by atoms with Crippen molar-refractivity contribution in [3.8, 4) is 0 Å².